The van der Waals surface area contributed by atoms with Crippen LogP contribution in [0.1, 0.15) is 5.56 Å². The lowest BCUT2D eigenvalue weighted by Crippen LogP contribution is -1.93. The summed E-state index contributed by atoms with van der Waals surface area (Å²) in [5, 5.41) is 10.8. The molecule has 0 saturated heterocycles. The maximum absolute atomic E-state index is 10.7. The molecule has 0 saturated carbocycles. The zero-order valence-corrected chi connectivity index (χ0v) is 12.2. The van der Waals surface area contributed by atoms with E-state index in [1.807, 2.05) is 6.07 Å². The average Bonchev–Trinajstić information content (AvgIpc) is 2.42. The van der Waals surface area contributed by atoms with Gasteiger partial charge in [0, 0.05) is 17.7 Å². The van der Waals surface area contributed by atoms with Gasteiger partial charge < -0.3 is 4.74 Å². The molecule has 0 N–H and O–H groups in total. The molecule has 0 spiro atoms. The maximum atomic E-state index is 10.7. The van der Waals surface area contributed by atoms with E-state index in [2.05, 4.69) is 0 Å². The van der Waals surface area contributed by atoms with Gasteiger partial charge in [0.15, 0.2) is 5.75 Å². The van der Waals surface area contributed by atoms with Crippen molar-refractivity contribution >= 4 is 40.5 Å². The molecule has 20 heavy (non-hydrogen) atoms. The molecular formula is C13H8Cl3NO3. The third-order valence-electron chi connectivity index (χ3n) is 2.52. The minimum absolute atomic E-state index is 0.0635. The van der Waals surface area contributed by atoms with Gasteiger partial charge in [0.25, 0.3) is 5.69 Å². The van der Waals surface area contributed by atoms with Crippen LogP contribution < -0.4 is 4.74 Å². The van der Waals surface area contributed by atoms with E-state index < -0.39 is 4.92 Å². The van der Waals surface area contributed by atoms with Gasteiger partial charge in [-0.3, -0.25) is 10.1 Å². The summed E-state index contributed by atoms with van der Waals surface area (Å²) in [6, 6.07) is 9.49. The lowest BCUT2D eigenvalue weighted by atomic mass is 10.2. The molecule has 0 fully saturated rings. The second-order valence-corrected chi connectivity index (χ2v) is 4.92. The fourth-order valence-electron chi connectivity index (χ4n) is 1.57. The summed E-state index contributed by atoms with van der Waals surface area (Å²) in [4.78, 5) is 10.1. The summed E-state index contributed by atoms with van der Waals surface area (Å²) in [6.07, 6.45) is 0. The Balaban J connectivity index is 2.41. The number of nitro groups is 1. The number of benzene rings is 2. The molecule has 104 valence electrons. The Morgan fingerprint density at radius 3 is 2.30 bits per heavy atom. The Labute approximate surface area is 130 Å². The van der Waals surface area contributed by atoms with Gasteiger partial charge in [-0.05, 0) is 6.07 Å². The number of hydrogen-bond donors (Lipinski definition) is 0. The second-order valence-electron chi connectivity index (χ2n) is 3.84. The molecule has 0 bridgehead atoms. The molecule has 0 atom stereocenters. The number of hydrogen-bond acceptors (Lipinski definition) is 3. The van der Waals surface area contributed by atoms with E-state index in [0.717, 1.165) is 5.56 Å². The van der Waals surface area contributed by atoms with Crippen molar-refractivity contribution in [3.05, 3.63) is 62.1 Å². The molecule has 0 amide bonds. The number of nitrogens with zero attached hydrogens (tertiary/aromatic N) is 1. The highest BCUT2D eigenvalue weighted by atomic mass is 35.5. The van der Waals surface area contributed by atoms with Crippen molar-refractivity contribution < 1.29 is 9.66 Å². The zero-order valence-electron chi connectivity index (χ0n) is 9.98. The lowest BCUT2D eigenvalue weighted by Gasteiger charge is -2.12. The highest BCUT2D eigenvalue weighted by Gasteiger charge is 2.17. The Kier molecular flexibility index (Phi) is 4.70. The van der Waals surface area contributed by atoms with E-state index in [1.54, 1.807) is 18.2 Å². The van der Waals surface area contributed by atoms with Gasteiger partial charge in [0.05, 0.1) is 20.8 Å². The molecule has 0 unspecified atom stereocenters. The summed E-state index contributed by atoms with van der Waals surface area (Å²) < 4.78 is 5.63. The largest absolute Gasteiger partial charge is 0.454 e. The first-order chi connectivity index (χ1) is 9.52. The summed E-state index contributed by atoms with van der Waals surface area (Å²) in [7, 11) is 0. The van der Waals surface area contributed by atoms with E-state index in [0.29, 0.717) is 5.75 Å². The predicted molar refractivity (Wildman–Crippen MR) is 79.2 cm³/mol. The number of halogens is 3. The van der Waals surface area contributed by atoms with Crippen LogP contribution in [-0.2, 0) is 5.88 Å². The highest BCUT2D eigenvalue weighted by molar-refractivity contribution is 6.37. The number of nitro benzene ring substituents is 1. The monoisotopic (exact) mass is 331 g/mol. The lowest BCUT2D eigenvalue weighted by molar-refractivity contribution is -0.384. The van der Waals surface area contributed by atoms with Gasteiger partial charge in [0.2, 0.25) is 0 Å². The van der Waals surface area contributed by atoms with E-state index >= 15 is 0 Å². The molecule has 7 heteroatoms. The Bertz CT molecular complexity index is 638. The van der Waals surface area contributed by atoms with Gasteiger partial charge in [-0.1, -0.05) is 41.4 Å². The van der Waals surface area contributed by atoms with Crippen LogP contribution in [0.15, 0.2) is 36.4 Å². The Hall–Kier alpha value is -1.49. The van der Waals surface area contributed by atoms with Crippen molar-refractivity contribution in [2.24, 2.45) is 0 Å². The van der Waals surface area contributed by atoms with Gasteiger partial charge in [-0.25, -0.2) is 0 Å². The van der Waals surface area contributed by atoms with Gasteiger partial charge in [0.1, 0.15) is 5.75 Å². The second kappa shape index (κ2) is 6.31. The minimum Gasteiger partial charge on any atom is -0.454 e. The van der Waals surface area contributed by atoms with E-state index in [1.165, 1.54) is 12.1 Å². The third kappa shape index (κ3) is 3.15. The average molecular weight is 333 g/mol. The molecule has 0 aromatic heterocycles. The topological polar surface area (TPSA) is 52.4 Å². The molecule has 2 aromatic carbocycles. The van der Waals surface area contributed by atoms with Crippen molar-refractivity contribution in [3.8, 4) is 11.5 Å². The van der Waals surface area contributed by atoms with Crippen LogP contribution in [0.5, 0.6) is 11.5 Å². The first kappa shape index (κ1) is 14.9. The van der Waals surface area contributed by atoms with E-state index in [4.69, 9.17) is 39.5 Å². The van der Waals surface area contributed by atoms with Crippen LogP contribution in [0.25, 0.3) is 0 Å². The molecular weight excluding hydrogens is 325 g/mol. The van der Waals surface area contributed by atoms with Gasteiger partial charge in [-0.2, -0.15) is 0 Å². The number of rotatable bonds is 4. The zero-order chi connectivity index (χ0) is 14.7. The summed E-state index contributed by atoms with van der Waals surface area (Å²) >= 11 is 17.8. The molecule has 2 rings (SSSR count). The first-order valence-corrected chi connectivity index (χ1v) is 6.77. The van der Waals surface area contributed by atoms with Gasteiger partial charge in [-0.15, -0.1) is 11.6 Å². The van der Waals surface area contributed by atoms with Crippen molar-refractivity contribution in [3.63, 3.8) is 0 Å². The van der Waals surface area contributed by atoms with Crippen LogP contribution in [0.4, 0.5) is 5.69 Å². The molecule has 2 aromatic rings. The predicted octanol–water partition coefficient (Wildman–Crippen LogP) is 5.43. The number of ether oxygens (including phenoxy) is 1. The van der Waals surface area contributed by atoms with Crippen molar-refractivity contribution in [2.45, 2.75) is 5.88 Å². The van der Waals surface area contributed by atoms with Gasteiger partial charge >= 0.3 is 0 Å². The molecule has 4 nitrogen and oxygen atoms in total. The SMILES string of the molecule is O=[N+]([O-])c1cc(Cl)c(Oc2ccccc2CCl)c(Cl)c1. The highest BCUT2D eigenvalue weighted by Crippen LogP contribution is 2.40. The quantitative estimate of drug-likeness (QED) is 0.426. The van der Waals surface area contributed by atoms with Crippen molar-refractivity contribution in [1.29, 1.82) is 0 Å². The van der Waals surface area contributed by atoms with E-state index in [9.17, 15) is 10.1 Å². The van der Waals surface area contributed by atoms with Crippen molar-refractivity contribution in [2.75, 3.05) is 0 Å². The molecule has 0 radical (unpaired) electrons. The van der Waals surface area contributed by atoms with Crippen LogP contribution in [0.3, 0.4) is 0 Å². The fraction of sp³-hybridized carbons (Fsp3) is 0.0769. The van der Waals surface area contributed by atoms with Crippen molar-refractivity contribution in [1.82, 2.24) is 0 Å². The van der Waals surface area contributed by atoms with Crippen LogP contribution in [0, 0.1) is 10.1 Å². The Morgan fingerprint density at radius 1 is 1.15 bits per heavy atom. The number of alkyl halides is 1. The third-order valence-corrected chi connectivity index (χ3v) is 3.37. The fourth-order valence-corrected chi connectivity index (χ4v) is 2.35. The summed E-state index contributed by atoms with van der Waals surface area (Å²) in [5.41, 5.74) is 0.567. The number of para-hydroxylation sites is 1. The van der Waals surface area contributed by atoms with Crippen LogP contribution >= 0.6 is 34.8 Å². The molecule has 0 aliphatic rings. The minimum atomic E-state index is -0.575. The van der Waals surface area contributed by atoms with Crippen LogP contribution in [0.2, 0.25) is 10.0 Å². The summed E-state index contributed by atoms with van der Waals surface area (Å²) in [6.45, 7) is 0. The number of non-ortho nitro benzene ring substituents is 1. The summed E-state index contributed by atoms with van der Waals surface area (Å²) in [5.74, 6) is 0.926. The molecule has 0 heterocycles. The maximum Gasteiger partial charge on any atom is 0.272 e. The smallest absolute Gasteiger partial charge is 0.272 e. The Morgan fingerprint density at radius 2 is 1.75 bits per heavy atom. The van der Waals surface area contributed by atoms with E-state index in [-0.39, 0.29) is 27.4 Å². The normalized spacial score (nSPS) is 10.3. The standard InChI is InChI=1S/C13H8Cl3NO3/c14-7-8-3-1-2-4-12(8)20-13-10(15)5-9(17(18)19)6-11(13)16/h1-6H,7H2. The van der Waals surface area contributed by atoms with Crippen LogP contribution in [-0.4, -0.2) is 4.92 Å². The molecule has 0 aliphatic carbocycles. The first-order valence-electron chi connectivity index (χ1n) is 5.48. The molecule has 0 aliphatic heterocycles.